The highest BCUT2D eigenvalue weighted by atomic mass is 16.2. The molecule has 0 aromatic rings. The summed E-state index contributed by atoms with van der Waals surface area (Å²) in [5.74, 6) is 0.888. The zero-order chi connectivity index (χ0) is 14.5. The van der Waals surface area contributed by atoms with Gasteiger partial charge in [-0.05, 0) is 39.0 Å². The first-order valence-electron chi connectivity index (χ1n) is 7.45. The Hall–Kier alpha value is -1.05. The average Bonchev–Trinajstić information content (AvgIpc) is 2.33. The molecule has 1 unspecified atom stereocenters. The molecule has 0 radical (unpaired) electrons. The molecule has 0 fully saturated rings. The maximum absolute atomic E-state index is 12.4. The van der Waals surface area contributed by atoms with E-state index in [1.807, 2.05) is 25.7 Å². The lowest BCUT2D eigenvalue weighted by Gasteiger charge is -2.32. The van der Waals surface area contributed by atoms with Crippen LogP contribution in [0.5, 0.6) is 0 Å². The highest BCUT2D eigenvalue weighted by molar-refractivity contribution is 5.81. The van der Waals surface area contributed by atoms with Crippen molar-refractivity contribution in [1.29, 1.82) is 0 Å². The second-order valence-electron chi connectivity index (χ2n) is 6.77. The van der Waals surface area contributed by atoms with Gasteiger partial charge in [0.25, 0.3) is 0 Å². The molecule has 0 spiro atoms. The largest absolute Gasteiger partial charge is 0.336 e. The summed E-state index contributed by atoms with van der Waals surface area (Å²) >= 11 is 0. The molecular formula is C17H29NO. The quantitative estimate of drug-likeness (QED) is 0.697. The summed E-state index contributed by atoms with van der Waals surface area (Å²) in [6, 6.07) is 0.252. The highest BCUT2D eigenvalue weighted by Gasteiger charge is 2.27. The monoisotopic (exact) mass is 263 g/mol. The molecule has 1 rings (SSSR count). The molecule has 1 amide bonds. The fraction of sp³-hybridized carbons (Fsp3) is 0.706. The number of nitrogens with zero attached hydrogens (tertiary/aromatic N) is 1. The lowest BCUT2D eigenvalue weighted by atomic mass is 9.93. The first-order valence-corrected chi connectivity index (χ1v) is 7.45. The first-order chi connectivity index (χ1) is 8.82. The van der Waals surface area contributed by atoms with Crippen molar-refractivity contribution in [2.75, 3.05) is 6.54 Å². The summed E-state index contributed by atoms with van der Waals surface area (Å²) in [4.78, 5) is 14.3. The van der Waals surface area contributed by atoms with Crippen molar-refractivity contribution in [3.8, 4) is 0 Å². The Morgan fingerprint density at radius 2 is 2.05 bits per heavy atom. The molecule has 0 N–H and O–H groups in total. The summed E-state index contributed by atoms with van der Waals surface area (Å²) in [5, 5.41) is 0. The molecule has 0 saturated carbocycles. The predicted molar refractivity (Wildman–Crippen MR) is 81.9 cm³/mol. The SMILES string of the molecule is CC(C)N(C/C=C\C1CC=CCC1)C(=O)C(C)(C)C. The number of amides is 1. The summed E-state index contributed by atoms with van der Waals surface area (Å²) in [6.07, 6.45) is 12.5. The minimum Gasteiger partial charge on any atom is -0.336 e. The molecule has 0 aromatic heterocycles. The van der Waals surface area contributed by atoms with Gasteiger partial charge in [0.1, 0.15) is 0 Å². The zero-order valence-electron chi connectivity index (χ0n) is 13.1. The molecule has 1 aliphatic rings. The van der Waals surface area contributed by atoms with E-state index in [0.717, 1.165) is 13.0 Å². The van der Waals surface area contributed by atoms with Crippen LogP contribution in [-0.2, 0) is 4.79 Å². The lowest BCUT2D eigenvalue weighted by molar-refractivity contribution is -0.140. The fourth-order valence-corrected chi connectivity index (χ4v) is 2.32. The van der Waals surface area contributed by atoms with Crippen LogP contribution < -0.4 is 0 Å². The molecule has 108 valence electrons. The molecule has 0 aliphatic heterocycles. The molecule has 1 atom stereocenters. The molecule has 1 aliphatic carbocycles. The predicted octanol–water partition coefficient (Wildman–Crippen LogP) is 4.18. The van der Waals surface area contributed by atoms with Crippen molar-refractivity contribution in [1.82, 2.24) is 4.90 Å². The third kappa shape index (κ3) is 5.22. The average molecular weight is 263 g/mol. The summed E-state index contributed by atoms with van der Waals surface area (Å²) < 4.78 is 0. The molecule has 0 heterocycles. The van der Waals surface area contributed by atoms with Gasteiger partial charge in [0, 0.05) is 18.0 Å². The van der Waals surface area contributed by atoms with Gasteiger partial charge in [0.05, 0.1) is 0 Å². The molecule has 2 nitrogen and oxygen atoms in total. The van der Waals surface area contributed by atoms with Crippen LogP contribution >= 0.6 is 0 Å². The number of carbonyl (C=O) groups is 1. The number of hydrogen-bond acceptors (Lipinski definition) is 1. The molecule has 0 bridgehead atoms. The van der Waals surface area contributed by atoms with E-state index in [2.05, 4.69) is 38.2 Å². The van der Waals surface area contributed by atoms with Crippen LogP contribution in [0.15, 0.2) is 24.3 Å². The molecule has 0 aromatic carbocycles. The second kappa shape index (κ2) is 6.93. The van der Waals surface area contributed by atoms with Crippen molar-refractivity contribution in [3.63, 3.8) is 0 Å². The number of rotatable bonds is 4. The molecule has 2 heteroatoms. The molecule has 19 heavy (non-hydrogen) atoms. The van der Waals surface area contributed by atoms with Crippen LogP contribution in [0.2, 0.25) is 0 Å². The van der Waals surface area contributed by atoms with Crippen LogP contribution in [0, 0.1) is 11.3 Å². The third-order valence-corrected chi connectivity index (χ3v) is 3.55. The Kier molecular flexibility index (Phi) is 5.84. The van der Waals surface area contributed by atoms with Crippen molar-refractivity contribution in [2.24, 2.45) is 11.3 Å². The second-order valence-corrected chi connectivity index (χ2v) is 6.77. The maximum atomic E-state index is 12.4. The lowest BCUT2D eigenvalue weighted by Crippen LogP contribution is -2.43. The van der Waals surface area contributed by atoms with E-state index < -0.39 is 0 Å². The van der Waals surface area contributed by atoms with E-state index in [-0.39, 0.29) is 17.4 Å². The maximum Gasteiger partial charge on any atom is 0.228 e. The Bertz CT molecular complexity index is 347. The molecular weight excluding hydrogens is 234 g/mol. The van der Waals surface area contributed by atoms with Crippen molar-refractivity contribution < 1.29 is 4.79 Å². The van der Waals surface area contributed by atoms with Crippen LogP contribution in [0.1, 0.15) is 53.9 Å². The molecule has 0 saturated heterocycles. The Morgan fingerprint density at radius 3 is 2.53 bits per heavy atom. The Labute approximate surface area is 118 Å². The minimum absolute atomic E-state index is 0.232. The number of carbonyl (C=O) groups excluding carboxylic acids is 1. The van der Waals surface area contributed by atoms with Gasteiger partial charge in [-0.15, -0.1) is 0 Å². The standard InChI is InChI=1S/C17H29NO/c1-14(2)18(16(19)17(3,4)5)13-9-12-15-10-7-6-8-11-15/h6-7,9,12,14-15H,8,10-11,13H2,1-5H3/b12-9-. The van der Waals surface area contributed by atoms with Gasteiger partial charge in [0.2, 0.25) is 5.91 Å². The van der Waals surface area contributed by atoms with Gasteiger partial charge in [-0.1, -0.05) is 45.1 Å². The zero-order valence-corrected chi connectivity index (χ0v) is 13.1. The van der Waals surface area contributed by atoms with Gasteiger partial charge in [-0.2, -0.15) is 0 Å². The summed E-state index contributed by atoms with van der Waals surface area (Å²) in [6.45, 7) is 10.9. The van der Waals surface area contributed by atoms with E-state index in [0.29, 0.717) is 5.92 Å². The van der Waals surface area contributed by atoms with Crippen LogP contribution in [0.25, 0.3) is 0 Å². The Balaban J connectivity index is 2.57. The minimum atomic E-state index is -0.300. The van der Waals surface area contributed by atoms with E-state index in [1.165, 1.54) is 12.8 Å². The topological polar surface area (TPSA) is 20.3 Å². The summed E-state index contributed by atoms with van der Waals surface area (Å²) in [7, 11) is 0. The van der Waals surface area contributed by atoms with E-state index in [9.17, 15) is 4.79 Å². The van der Waals surface area contributed by atoms with Gasteiger partial charge in [0.15, 0.2) is 0 Å². The van der Waals surface area contributed by atoms with E-state index in [4.69, 9.17) is 0 Å². The first kappa shape index (κ1) is 16.0. The van der Waals surface area contributed by atoms with E-state index in [1.54, 1.807) is 0 Å². The van der Waals surface area contributed by atoms with Crippen LogP contribution in [0.4, 0.5) is 0 Å². The van der Waals surface area contributed by atoms with Crippen molar-refractivity contribution >= 4 is 5.91 Å². The normalized spacial score (nSPS) is 20.2. The van der Waals surface area contributed by atoms with Gasteiger partial charge in [-0.25, -0.2) is 0 Å². The van der Waals surface area contributed by atoms with E-state index >= 15 is 0 Å². The van der Waals surface area contributed by atoms with Crippen LogP contribution in [-0.4, -0.2) is 23.4 Å². The van der Waals surface area contributed by atoms with Crippen LogP contribution in [0.3, 0.4) is 0 Å². The number of allylic oxidation sites excluding steroid dienone is 3. The smallest absolute Gasteiger partial charge is 0.228 e. The summed E-state index contributed by atoms with van der Waals surface area (Å²) in [5.41, 5.74) is -0.300. The van der Waals surface area contributed by atoms with Gasteiger partial charge >= 0.3 is 0 Å². The third-order valence-electron chi connectivity index (χ3n) is 3.55. The fourth-order valence-electron chi connectivity index (χ4n) is 2.32. The Morgan fingerprint density at radius 1 is 1.37 bits per heavy atom. The number of hydrogen-bond donors (Lipinski definition) is 0. The highest BCUT2D eigenvalue weighted by Crippen LogP contribution is 2.21. The van der Waals surface area contributed by atoms with Gasteiger partial charge in [-0.3, -0.25) is 4.79 Å². The van der Waals surface area contributed by atoms with Crippen molar-refractivity contribution in [2.45, 2.75) is 59.9 Å². The van der Waals surface area contributed by atoms with Crippen molar-refractivity contribution in [3.05, 3.63) is 24.3 Å². The van der Waals surface area contributed by atoms with Gasteiger partial charge < -0.3 is 4.90 Å².